The van der Waals surface area contributed by atoms with Crippen LogP contribution in [-0.4, -0.2) is 29.8 Å². The van der Waals surface area contributed by atoms with E-state index in [0.717, 1.165) is 5.56 Å². The van der Waals surface area contributed by atoms with Gasteiger partial charge in [0.1, 0.15) is 5.75 Å². The Bertz CT molecular complexity index is 392. The average Bonchev–Trinajstić information content (AvgIpc) is 2.29. The number of amides is 1. The number of nitrogens with one attached hydrogen (secondary N) is 1. The minimum Gasteiger partial charge on any atom is -0.481 e. The van der Waals surface area contributed by atoms with Crippen LogP contribution in [0.5, 0.6) is 5.75 Å². The number of aryl methyl sites for hydroxylation is 1. The second-order valence-corrected chi connectivity index (χ2v) is 4.50. The first-order valence-electron chi connectivity index (χ1n) is 6.17. The van der Waals surface area contributed by atoms with Crippen molar-refractivity contribution in [3.63, 3.8) is 0 Å². The van der Waals surface area contributed by atoms with Gasteiger partial charge in [-0.15, -0.1) is 0 Å². The van der Waals surface area contributed by atoms with E-state index in [1.807, 2.05) is 38.1 Å². The molecule has 0 heterocycles. The molecule has 0 saturated heterocycles. The number of aliphatic hydroxyl groups is 1. The number of hydrogen-bond donors (Lipinski definition) is 2. The summed E-state index contributed by atoms with van der Waals surface area (Å²) < 4.78 is 5.56. The number of hydrogen-bond acceptors (Lipinski definition) is 3. The Balaban J connectivity index is 2.49. The highest BCUT2D eigenvalue weighted by molar-refractivity contribution is 5.80. The lowest BCUT2D eigenvalue weighted by Gasteiger charge is -2.18. The fraction of sp³-hybridized carbons (Fsp3) is 0.500. The third-order valence-corrected chi connectivity index (χ3v) is 2.62. The molecule has 2 unspecified atom stereocenters. The zero-order chi connectivity index (χ0) is 13.5. The molecular formula is C14H21NO3. The molecular weight excluding hydrogens is 230 g/mol. The Labute approximate surface area is 108 Å². The Morgan fingerprint density at radius 3 is 2.78 bits per heavy atom. The average molecular weight is 251 g/mol. The van der Waals surface area contributed by atoms with Gasteiger partial charge in [-0.05, 0) is 44.9 Å². The molecule has 4 heteroatoms. The summed E-state index contributed by atoms with van der Waals surface area (Å²) in [6, 6.07) is 7.53. The van der Waals surface area contributed by atoms with Crippen molar-refractivity contribution in [3.05, 3.63) is 29.8 Å². The van der Waals surface area contributed by atoms with Crippen LogP contribution in [0.25, 0.3) is 0 Å². The van der Waals surface area contributed by atoms with Gasteiger partial charge in [-0.1, -0.05) is 12.1 Å². The predicted molar refractivity (Wildman–Crippen MR) is 70.6 cm³/mol. The first-order chi connectivity index (χ1) is 8.52. The van der Waals surface area contributed by atoms with Gasteiger partial charge in [-0.3, -0.25) is 4.79 Å². The van der Waals surface area contributed by atoms with E-state index in [1.165, 1.54) is 0 Å². The molecule has 0 radical (unpaired) electrons. The summed E-state index contributed by atoms with van der Waals surface area (Å²) in [5.41, 5.74) is 1.09. The van der Waals surface area contributed by atoms with Crippen molar-refractivity contribution in [2.75, 3.05) is 6.61 Å². The molecule has 0 aliphatic heterocycles. The maximum absolute atomic E-state index is 11.8. The van der Waals surface area contributed by atoms with Crippen LogP contribution >= 0.6 is 0 Å². The van der Waals surface area contributed by atoms with Crippen molar-refractivity contribution in [1.82, 2.24) is 5.32 Å². The third kappa shape index (κ3) is 4.75. The summed E-state index contributed by atoms with van der Waals surface area (Å²) in [4.78, 5) is 11.8. The van der Waals surface area contributed by atoms with Gasteiger partial charge in [0, 0.05) is 12.6 Å². The lowest BCUT2D eigenvalue weighted by Crippen LogP contribution is -2.41. The smallest absolute Gasteiger partial charge is 0.260 e. The summed E-state index contributed by atoms with van der Waals surface area (Å²) in [6.45, 7) is 5.60. The van der Waals surface area contributed by atoms with Crippen LogP contribution in [0.2, 0.25) is 0 Å². The summed E-state index contributed by atoms with van der Waals surface area (Å²) in [5, 5.41) is 11.6. The van der Waals surface area contributed by atoms with E-state index in [2.05, 4.69) is 5.32 Å². The zero-order valence-corrected chi connectivity index (χ0v) is 11.1. The van der Waals surface area contributed by atoms with Crippen LogP contribution in [0.4, 0.5) is 0 Å². The second-order valence-electron chi connectivity index (χ2n) is 4.50. The third-order valence-electron chi connectivity index (χ3n) is 2.62. The maximum Gasteiger partial charge on any atom is 0.260 e. The molecule has 2 N–H and O–H groups in total. The largest absolute Gasteiger partial charge is 0.481 e. The van der Waals surface area contributed by atoms with Crippen molar-refractivity contribution < 1.29 is 14.6 Å². The van der Waals surface area contributed by atoms with Crippen LogP contribution in [0.3, 0.4) is 0 Å². The SMILES string of the molecule is Cc1cccc(OC(C)C(=O)NC(C)CCO)c1. The van der Waals surface area contributed by atoms with Gasteiger partial charge < -0.3 is 15.2 Å². The molecule has 100 valence electrons. The lowest BCUT2D eigenvalue weighted by molar-refractivity contribution is -0.127. The molecule has 0 spiro atoms. The standard InChI is InChI=1S/C14H21NO3/c1-10-5-4-6-13(9-10)18-12(3)14(17)15-11(2)7-8-16/h4-6,9,11-12,16H,7-8H2,1-3H3,(H,15,17). The molecule has 0 fully saturated rings. The number of aliphatic hydroxyl groups excluding tert-OH is 1. The summed E-state index contributed by atoms with van der Waals surface area (Å²) in [5.74, 6) is 0.518. The van der Waals surface area contributed by atoms with Crippen LogP contribution in [0.1, 0.15) is 25.8 Å². The van der Waals surface area contributed by atoms with Crippen molar-refractivity contribution in [3.8, 4) is 5.75 Å². The van der Waals surface area contributed by atoms with E-state index in [1.54, 1.807) is 6.92 Å². The lowest BCUT2D eigenvalue weighted by atomic mass is 10.2. The first-order valence-corrected chi connectivity index (χ1v) is 6.17. The first kappa shape index (κ1) is 14.5. The van der Waals surface area contributed by atoms with Crippen LogP contribution in [0, 0.1) is 6.92 Å². The molecule has 4 nitrogen and oxygen atoms in total. The molecule has 0 aliphatic rings. The van der Waals surface area contributed by atoms with Gasteiger partial charge in [0.05, 0.1) is 0 Å². The molecule has 0 aromatic heterocycles. The molecule has 2 atom stereocenters. The Morgan fingerprint density at radius 1 is 1.44 bits per heavy atom. The van der Waals surface area contributed by atoms with Gasteiger partial charge >= 0.3 is 0 Å². The number of carbonyl (C=O) groups excluding carboxylic acids is 1. The number of carbonyl (C=O) groups is 1. The molecule has 18 heavy (non-hydrogen) atoms. The highest BCUT2D eigenvalue weighted by Gasteiger charge is 2.16. The van der Waals surface area contributed by atoms with Crippen molar-refractivity contribution in [1.29, 1.82) is 0 Å². The molecule has 0 aliphatic carbocycles. The van der Waals surface area contributed by atoms with E-state index >= 15 is 0 Å². The molecule has 0 bridgehead atoms. The van der Waals surface area contributed by atoms with Crippen LogP contribution < -0.4 is 10.1 Å². The maximum atomic E-state index is 11.8. The Morgan fingerprint density at radius 2 is 2.17 bits per heavy atom. The van der Waals surface area contributed by atoms with E-state index in [4.69, 9.17) is 9.84 Å². The highest BCUT2D eigenvalue weighted by Crippen LogP contribution is 2.14. The topological polar surface area (TPSA) is 58.6 Å². The van der Waals surface area contributed by atoms with Crippen LogP contribution in [0.15, 0.2) is 24.3 Å². The van der Waals surface area contributed by atoms with Gasteiger partial charge in [0.2, 0.25) is 0 Å². The van der Waals surface area contributed by atoms with Crippen molar-refractivity contribution >= 4 is 5.91 Å². The van der Waals surface area contributed by atoms with Gasteiger partial charge in [0.25, 0.3) is 5.91 Å². The summed E-state index contributed by atoms with van der Waals surface area (Å²) in [6.07, 6.45) is -0.00365. The predicted octanol–water partition coefficient (Wildman–Crippen LogP) is 1.65. The van der Waals surface area contributed by atoms with Crippen LogP contribution in [-0.2, 0) is 4.79 Å². The van der Waals surface area contributed by atoms with Gasteiger partial charge in [-0.2, -0.15) is 0 Å². The zero-order valence-electron chi connectivity index (χ0n) is 11.1. The van der Waals surface area contributed by atoms with E-state index in [9.17, 15) is 4.79 Å². The quantitative estimate of drug-likeness (QED) is 0.808. The number of benzene rings is 1. The number of rotatable bonds is 6. The number of ether oxygens (including phenoxy) is 1. The van der Waals surface area contributed by atoms with Crippen molar-refractivity contribution in [2.45, 2.75) is 39.3 Å². The fourth-order valence-corrected chi connectivity index (χ4v) is 1.57. The van der Waals surface area contributed by atoms with E-state index in [-0.39, 0.29) is 18.6 Å². The molecule has 1 amide bonds. The highest BCUT2D eigenvalue weighted by atomic mass is 16.5. The molecule has 0 saturated carbocycles. The van der Waals surface area contributed by atoms with E-state index < -0.39 is 6.10 Å². The molecule has 1 aromatic carbocycles. The Kier molecular flexibility index (Phi) is 5.65. The summed E-state index contributed by atoms with van der Waals surface area (Å²) in [7, 11) is 0. The Hall–Kier alpha value is -1.55. The van der Waals surface area contributed by atoms with Gasteiger partial charge in [0.15, 0.2) is 6.10 Å². The molecule has 1 rings (SSSR count). The minimum atomic E-state index is -0.548. The van der Waals surface area contributed by atoms with Crippen molar-refractivity contribution in [2.24, 2.45) is 0 Å². The normalized spacial score (nSPS) is 13.8. The monoisotopic (exact) mass is 251 g/mol. The molecule has 1 aromatic rings. The second kappa shape index (κ2) is 7.01. The minimum absolute atomic E-state index is 0.0499. The van der Waals surface area contributed by atoms with E-state index in [0.29, 0.717) is 12.2 Å². The summed E-state index contributed by atoms with van der Waals surface area (Å²) >= 11 is 0. The fourth-order valence-electron chi connectivity index (χ4n) is 1.57. The van der Waals surface area contributed by atoms with Gasteiger partial charge in [-0.25, -0.2) is 0 Å².